The number of aromatic carboxylic acids is 1. The molecule has 198 valence electrons. The van der Waals surface area contributed by atoms with E-state index >= 15 is 0 Å². The maximum absolute atomic E-state index is 13.3. The smallest absolute Gasteiger partial charge is 0.335 e. The van der Waals surface area contributed by atoms with Crippen LogP contribution < -0.4 is 25.0 Å². The molecule has 10 nitrogen and oxygen atoms in total. The zero-order valence-electron chi connectivity index (χ0n) is 20.3. The van der Waals surface area contributed by atoms with Crippen molar-refractivity contribution in [2.75, 3.05) is 23.9 Å². The number of halogens is 1. The lowest BCUT2D eigenvalue weighted by atomic mass is 10.1. The van der Waals surface area contributed by atoms with Crippen molar-refractivity contribution < 1.29 is 33.8 Å². The fraction of sp³-hybridized carbons (Fsp3) is 0.0741. The van der Waals surface area contributed by atoms with Gasteiger partial charge in [0.15, 0.2) is 23.2 Å². The molecule has 0 spiro atoms. The van der Waals surface area contributed by atoms with E-state index < -0.39 is 17.8 Å². The summed E-state index contributed by atoms with van der Waals surface area (Å²) in [6, 6.07) is 17.6. The van der Waals surface area contributed by atoms with Crippen LogP contribution in [0.25, 0.3) is 6.08 Å². The Morgan fingerprint density at radius 2 is 1.82 bits per heavy atom. The summed E-state index contributed by atoms with van der Waals surface area (Å²) in [6.45, 7) is -0.291. The van der Waals surface area contributed by atoms with Crippen molar-refractivity contribution in [3.05, 3.63) is 87.9 Å². The molecule has 1 fully saturated rings. The van der Waals surface area contributed by atoms with Crippen LogP contribution in [0.1, 0.15) is 15.9 Å². The molecule has 39 heavy (non-hydrogen) atoms. The summed E-state index contributed by atoms with van der Waals surface area (Å²) < 4.78 is 11.5. The van der Waals surface area contributed by atoms with Crippen molar-refractivity contribution in [3.8, 4) is 11.5 Å². The molecule has 1 saturated heterocycles. The lowest BCUT2D eigenvalue weighted by Crippen LogP contribution is -2.54. The van der Waals surface area contributed by atoms with Gasteiger partial charge in [-0.25, -0.2) is 4.79 Å². The molecule has 0 aromatic heterocycles. The predicted octanol–water partition coefficient (Wildman–Crippen LogP) is 4.00. The predicted molar refractivity (Wildman–Crippen MR) is 151 cm³/mol. The first-order valence-electron chi connectivity index (χ1n) is 11.3. The number of carbonyl (C=O) groups excluding carboxylic acids is 3. The summed E-state index contributed by atoms with van der Waals surface area (Å²) in [4.78, 5) is 50.7. The number of methoxy groups -OCH3 is 1. The van der Waals surface area contributed by atoms with Gasteiger partial charge in [-0.15, -0.1) is 0 Å². The summed E-state index contributed by atoms with van der Waals surface area (Å²) in [7, 11) is 1.41. The number of para-hydroxylation sites is 1. The second-order valence-electron chi connectivity index (χ2n) is 8.04. The highest BCUT2D eigenvalue weighted by Crippen LogP contribution is 2.35. The zero-order valence-corrected chi connectivity index (χ0v) is 22.7. The summed E-state index contributed by atoms with van der Waals surface area (Å²) in [5.41, 5.74) is 0.914. The Labute approximate surface area is 236 Å². The number of ether oxygens (including phenoxy) is 2. The molecule has 0 unspecified atom stereocenters. The Kier molecular flexibility index (Phi) is 8.37. The number of benzene rings is 3. The highest BCUT2D eigenvalue weighted by atomic mass is 79.9. The van der Waals surface area contributed by atoms with Crippen LogP contribution in [0.4, 0.5) is 11.4 Å². The Morgan fingerprint density at radius 3 is 2.51 bits per heavy atom. The lowest BCUT2D eigenvalue weighted by molar-refractivity contribution is -0.122. The molecule has 1 heterocycles. The number of thiocarbonyl (C=S) groups is 1. The van der Waals surface area contributed by atoms with Gasteiger partial charge < -0.3 is 19.9 Å². The van der Waals surface area contributed by atoms with Crippen LogP contribution in [0.15, 0.2) is 76.8 Å². The quantitative estimate of drug-likeness (QED) is 0.198. The average Bonchev–Trinajstić information content (AvgIpc) is 2.91. The van der Waals surface area contributed by atoms with E-state index in [2.05, 4.69) is 26.6 Å². The molecule has 1 aliphatic heterocycles. The van der Waals surface area contributed by atoms with Gasteiger partial charge in [0.2, 0.25) is 0 Å². The van der Waals surface area contributed by atoms with Gasteiger partial charge in [-0.3, -0.25) is 24.6 Å². The van der Waals surface area contributed by atoms with E-state index in [-0.39, 0.29) is 45.9 Å². The van der Waals surface area contributed by atoms with Crippen LogP contribution >= 0.6 is 28.1 Å². The van der Waals surface area contributed by atoms with Gasteiger partial charge in [0.1, 0.15) is 5.57 Å². The topological polar surface area (TPSA) is 134 Å². The summed E-state index contributed by atoms with van der Waals surface area (Å²) >= 11 is 8.59. The molecule has 1 aliphatic rings. The Morgan fingerprint density at radius 1 is 1.08 bits per heavy atom. The third-order valence-electron chi connectivity index (χ3n) is 5.45. The van der Waals surface area contributed by atoms with Crippen molar-refractivity contribution in [2.24, 2.45) is 0 Å². The number of carboxylic acid groups (broad SMARTS) is 1. The van der Waals surface area contributed by atoms with Gasteiger partial charge in [0, 0.05) is 10.2 Å². The summed E-state index contributed by atoms with van der Waals surface area (Å²) in [6.07, 6.45) is 1.34. The number of carboxylic acids is 1. The van der Waals surface area contributed by atoms with E-state index in [1.807, 2.05) is 6.07 Å². The number of hydrogen-bond donors (Lipinski definition) is 3. The van der Waals surface area contributed by atoms with Gasteiger partial charge >= 0.3 is 5.97 Å². The number of rotatable bonds is 8. The highest BCUT2D eigenvalue weighted by Gasteiger charge is 2.35. The summed E-state index contributed by atoms with van der Waals surface area (Å²) in [5, 5.41) is 14.3. The average molecular weight is 610 g/mol. The van der Waals surface area contributed by atoms with E-state index in [1.54, 1.807) is 30.3 Å². The molecule has 3 aromatic carbocycles. The maximum Gasteiger partial charge on any atom is 0.335 e. The Bertz CT molecular complexity index is 1530. The van der Waals surface area contributed by atoms with Crippen LogP contribution in [0.5, 0.6) is 11.5 Å². The van der Waals surface area contributed by atoms with E-state index in [9.17, 15) is 24.3 Å². The third-order valence-corrected chi connectivity index (χ3v) is 6.42. The van der Waals surface area contributed by atoms with Crippen molar-refractivity contribution >= 4 is 74.4 Å². The van der Waals surface area contributed by atoms with Crippen molar-refractivity contribution in [1.29, 1.82) is 0 Å². The molecule has 0 bridgehead atoms. The number of nitrogens with zero attached hydrogens (tertiary/aromatic N) is 1. The monoisotopic (exact) mass is 609 g/mol. The van der Waals surface area contributed by atoms with Gasteiger partial charge in [0.25, 0.3) is 17.7 Å². The van der Waals surface area contributed by atoms with Crippen molar-refractivity contribution in [3.63, 3.8) is 0 Å². The van der Waals surface area contributed by atoms with Crippen LogP contribution in [0.2, 0.25) is 0 Å². The molecule has 3 amide bonds. The lowest BCUT2D eigenvalue weighted by Gasteiger charge is -2.29. The molecule has 12 heteroatoms. The van der Waals surface area contributed by atoms with Crippen LogP contribution in [0, 0.1) is 0 Å². The second-order valence-corrected chi connectivity index (χ2v) is 9.28. The molecular weight excluding hydrogens is 590 g/mol. The normalized spacial score (nSPS) is 14.2. The standard InChI is InChI=1S/C27H20BrN3O7S/c1-37-21-12-16(20(28)13-22(21)38-14-23(32)29-17-7-3-2-4-8-17)11-19-24(33)30-27(39)31(25(19)34)18-9-5-6-15(10-18)26(35)36/h2-13H,14H2,1H3,(H,29,32)(H,35,36)(H,30,33,39). The summed E-state index contributed by atoms with van der Waals surface area (Å²) in [5.74, 6) is -2.51. The largest absolute Gasteiger partial charge is 0.493 e. The fourth-order valence-corrected chi connectivity index (χ4v) is 4.34. The first-order chi connectivity index (χ1) is 18.7. The SMILES string of the molecule is COc1cc(C=C2C(=O)NC(=S)N(c3cccc(C(=O)O)c3)C2=O)c(Br)cc1OCC(=O)Nc1ccccc1. The third kappa shape index (κ3) is 6.30. The Hall–Kier alpha value is -4.55. The Balaban J connectivity index is 1.58. The first kappa shape index (κ1) is 27.5. The van der Waals surface area contributed by atoms with Crippen molar-refractivity contribution in [1.82, 2.24) is 5.32 Å². The fourth-order valence-electron chi connectivity index (χ4n) is 3.62. The molecule has 3 N–H and O–H groups in total. The van der Waals surface area contributed by atoms with Gasteiger partial charge in [-0.1, -0.05) is 40.2 Å². The van der Waals surface area contributed by atoms with Gasteiger partial charge in [-0.2, -0.15) is 0 Å². The molecule has 0 aliphatic carbocycles. The number of nitrogens with one attached hydrogen (secondary N) is 2. The molecule has 0 radical (unpaired) electrons. The number of amides is 3. The molecule has 3 aromatic rings. The number of carbonyl (C=O) groups is 4. The molecule has 0 atom stereocenters. The van der Waals surface area contributed by atoms with Gasteiger partial charge in [-0.05, 0) is 66.3 Å². The zero-order chi connectivity index (χ0) is 28.1. The number of hydrogen-bond acceptors (Lipinski definition) is 7. The minimum Gasteiger partial charge on any atom is -0.493 e. The minimum absolute atomic E-state index is 0.0500. The van der Waals surface area contributed by atoms with Crippen molar-refractivity contribution in [2.45, 2.75) is 0 Å². The molecule has 0 saturated carbocycles. The molecule has 4 rings (SSSR count). The second kappa shape index (κ2) is 11.9. The molecular formula is C27H20BrN3O7S. The van der Waals surface area contributed by atoms with E-state index in [0.717, 1.165) is 4.90 Å². The van der Waals surface area contributed by atoms with E-state index in [4.69, 9.17) is 21.7 Å². The minimum atomic E-state index is -1.18. The van der Waals surface area contributed by atoms with Crippen LogP contribution in [0.3, 0.4) is 0 Å². The maximum atomic E-state index is 13.3. The van der Waals surface area contributed by atoms with E-state index in [1.165, 1.54) is 43.5 Å². The van der Waals surface area contributed by atoms with E-state index in [0.29, 0.717) is 15.7 Å². The van der Waals surface area contributed by atoms with Crippen LogP contribution in [-0.4, -0.2) is 47.6 Å². The van der Waals surface area contributed by atoms with Gasteiger partial charge in [0.05, 0.1) is 18.4 Å². The van der Waals surface area contributed by atoms with Crippen LogP contribution in [-0.2, 0) is 14.4 Å². The highest BCUT2D eigenvalue weighted by molar-refractivity contribution is 9.10. The first-order valence-corrected chi connectivity index (χ1v) is 12.5. The number of anilines is 2.